The van der Waals surface area contributed by atoms with Crippen LogP contribution in [-0.4, -0.2) is 79.5 Å². The molecule has 0 unspecified atom stereocenters. The molecule has 2 bridgehead atoms. The summed E-state index contributed by atoms with van der Waals surface area (Å²) in [6.45, 7) is 0. The number of hydrogen-bond donors (Lipinski definition) is 12. The number of aliphatic hydroxyl groups excluding tert-OH is 1. The monoisotopic (exact) mass is 744 g/mol. The number of ether oxygens (including phenoxy) is 4. The van der Waals surface area contributed by atoms with Crippen LogP contribution in [0.2, 0.25) is 0 Å². The van der Waals surface area contributed by atoms with Gasteiger partial charge in [0.2, 0.25) is 0 Å². The van der Waals surface area contributed by atoms with Crippen LogP contribution in [0.4, 0.5) is 0 Å². The molecule has 5 aromatic carbocycles. The Morgan fingerprint density at radius 3 is 1.96 bits per heavy atom. The molecule has 278 valence electrons. The van der Waals surface area contributed by atoms with E-state index in [1.54, 1.807) is 0 Å². The van der Waals surface area contributed by atoms with Crippen molar-refractivity contribution in [2.24, 2.45) is 0 Å². The summed E-state index contributed by atoms with van der Waals surface area (Å²) >= 11 is 0. The summed E-state index contributed by atoms with van der Waals surface area (Å²) in [6.07, 6.45) is -4.89. The van der Waals surface area contributed by atoms with Crippen molar-refractivity contribution in [3.05, 3.63) is 94.0 Å². The highest BCUT2D eigenvalue weighted by atomic mass is 16.7. The summed E-state index contributed by atoms with van der Waals surface area (Å²) in [5.41, 5.74) is -0.587. The molecule has 0 amide bonds. The molecule has 3 aliphatic heterocycles. The van der Waals surface area contributed by atoms with Gasteiger partial charge < -0.3 is 80.2 Å². The van der Waals surface area contributed by atoms with Gasteiger partial charge >= 0.3 is 11.8 Å². The van der Waals surface area contributed by atoms with Gasteiger partial charge in [-0.05, 0) is 42.5 Å². The largest absolute Gasteiger partial charge is 0.508 e. The molecule has 0 saturated heterocycles. The zero-order valence-corrected chi connectivity index (χ0v) is 27.2. The Bertz CT molecular complexity index is 2380. The first-order chi connectivity index (χ1) is 25.6. The molecule has 3 heterocycles. The summed E-state index contributed by atoms with van der Waals surface area (Å²) in [7, 11) is 0. The van der Waals surface area contributed by atoms with Crippen molar-refractivity contribution < 1.29 is 85.0 Å². The number of esters is 1. The maximum Gasteiger partial charge on any atom is 0.338 e. The number of hydrogen-bond acceptors (Lipinski definition) is 17. The van der Waals surface area contributed by atoms with E-state index < -0.39 is 99.2 Å². The number of aromatic hydroxyl groups is 11. The summed E-state index contributed by atoms with van der Waals surface area (Å²) in [6, 6.07) is 10.5. The average molecular weight is 745 g/mol. The predicted molar refractivity (Wildman–Crippen MR) is 178 cm³/mol. The van der Waals surface area contributed by atoms with Gasteiger partial charge in [-0.1, -0.05) is 6.07 Å². The first kappa shape index (κ1) is 33.9. The summed E-state index contributed by atoms with van der Waals surface area (Å²) in [4.78, 5) is 13.4. The number of fused-ring (bicyclic) bond motifs is 8. The van der Waals surface area contributed by atoms with E-state index in [0.29, 0.717) is 0 Å². The average Bonchev–Trinajstić information content (AvgIpc) is 3.11. The second-order valence-corrected chi connectivity index (χ2v) is 13.0. The van der Waals surface area contributed by atoms with Gasteiger partial charge in [0.1, 0.15) is 35.2 Å². The van der Waals surface area contributed by atoms with E-state index in [1.807, 2.05) is 0 Å². The third-order valence-electron chi connectivity index (χ3n) is 9.67. The highest BCUT2D eigenvalue weighted by Gasteiger charge is 2.60. The van der Waals surface area contributed by atoms with Crippen LogP contribution in [0, 0.1) is 0 Å². The van der Waals surface area contributed by atoms with Crippen LogP contribution < -0.4 is 14.2 Å². The minimum atomic E-state index is -2.42. The van der Waals surface area contributed by atoms with Gasteiger partial charge in [0.15, 0.2) is 63.6 Å². The standard InChI is InChI=1S/C37H28O17/c38-15-8-21(42)29-26(9-15)53-37(14-6-24(45)31(48)25(46)7-14)35(49)28(29)17-10-19(40)16-11-27(51-36(50)13-4-22(43)30(47)23(44)5-13)32(52-33(16)34(17)54-37)12-1-2-18(39)20(41)3-12/h1-10,27-28,32,35,38-49H,11H2/t27-,28+,32-,35-,37-/m1/s1. The number of rotatable bonds is 4. The van der Waals surface area contributed by atoms with Crippen LogP contribution in [-0.2, 0) is 16.9 Å². The van der Waals surface area contributed by atoms with Crippen molar-refractivity contribution in [1.82, 2.24) is 0 Å². The second-order valence-electron chi connectivity index (χ2n) is 13.0. The van der Waals surface area contributed by atoms with Crippen molar-refractivity contribution in [3.8, 4) is 80.5 Å². The highest BCUT2D eigenvalue weighted by molar-refractivity contribution is 5.91. The maximum atomic E-state index is 13.4. The summed E-state index contributed by atoms with van der Waals surface area (Å²) < 4.78 is 24.8. The zero-order chi connectivity index (χ0) is 38.5. The molecule has 0 radical (unpaired) electrons. The molecular weight excluding hydrogens is 716 g/mol. The molecule has 8 rings (SSSR count). The molecule has 0 fully saturated rings. The quantitative estimate of drug-likeness (QED) is 0.0926. The Morgan fingerprint density at radius 2 is 1.31 bits per heavy atom. The lowest BCUT2D eigenvalue weighted by Crippen LogP contribution is -2.57. The van der Waals surface area contributed by atoms with Crippen molar-refractivity contribution in [2.45, 2.75) is 36.4 Å². The van der Waals surface area contributed by atoms with Gasteiger partial charge in [0.25, 0.3) is 0 Å². The third-order valence-corrected chi connectivity index (χ3v) is 9.67. The van der Waals surface area contributed by atoms with E-state index in [4.69, 9.17) is 18.9 Å². The third kappa shape index (κ3) is 4.93. The van der Waals surface area contributed by atoms with Gasteiger partial charge in [0, 0.05) is 46.4 Å². The maximum absolute atomic E-state index is 13.4. The minimum absolute atomic E-state index is 0.0185. The Balaban J connectivity index is 1.32. The smallest absolute Gasteiger partial charge is 0.338 e. The molecule has 3 aliphatic rings. The van der Waals surface area contributed by atoms with Crippen LogP contribution in [0.25, 0.3) is 0 Å². The molecule has 5 atom stereocenters. The molecule has 0 spiro atoms. The molecule has 0 saturated carbocycles. The first-order valence-corrected chi connectivity index (χ1v) is 16.0. The molecule has 54 heavy (non-hydrogen) atoms. The lowest BCUT2D eigenvalue weighted by atomic mass is 9.74. The lowest BCUT2D eigenvalue weighted by molar-refractivity contribution is -0.219. The van der Waals surface area contributed by atoms with Gasteiger partial charge in [-0.2, -0.15) is 0 Å². The van der Waals surface area contributed by atoms with E-state index in [2.05, 4.69) is 0 Å². The second kappa shape index (κ2) is 11.6. The van der Waals surface area contributed by atoms with E-state index in [1.165, 1.54) is 12.1 Å². The number of benzene rings is 5. The Kier molecular flexibility index (Phi) is 7.28. The normalized spacial score (nSPS) is 22.0. The Morgan fingerprint density at radius 1 is 0.667 bits per heavy atom. The van der Waals surface area contributed by atoms with E-state index in [0.717, 1.165) is 48.5 Å². The van der Waals surface area contributed by atoms with Crippen molar-refractivity contribution in [1.29, 1.82) is 0 Å². The molecule has 17 nitrogen and oxygen atoms in total. The number of phenolic OH excluding ortho intramolecular Hbond substituents is 11. The van der Waals surface area contributed by atoms with Crippen molar-refractivity contribution in [3.63, 3.8) is 0 Å². The molecule has 0 aliphatic carbocycles. The predicted octanol–water partition coefficient (Wildman–Crippen LogP) is 3.48. The Labute approximate surface area is 301 Å². The van der Waals surface area contributed by atoms with Gasteiger partial charge in [-0.15, -0.1) is 0 Å². The lowest BCUT2D eigenvalue weighted by Gasteiger charge is -2.50. The van der Waals surface area contributed by atoms with Gasteiger partial charge in [0.05, 0.1) is 11.5 Å². The van der Waals surface area contributed by atoms with E-state index in [-0.39, 0.29) is 57.1 Å². The summed E-state index contributed by atoms with van der Waals surface area (Å²) in [5, 5.41) is 126. The molecule has 12 N–H and O–H groups in total. The number of phenols is 11. The van der Waals surface area contributed by atoms with E-state index in [9.17, 15) is 66.1 Å². The van der Waals surface area contributed by atoms with Crippen molar-refractivity contribution in [2.75, 3.05) is 0 Å². The molecule has 5 aromatic rings. The minimum Gasteiger partial charge on any atom is -0.508 e. The van der Waals surface area contributed by atoms with Crippen LogP contribution in [0.5, 0.6) is 80.5 Å². The first-order valence-electron chi connectivity index (χ1n) is 16.0. The van der Waals surface area contributed by atoms with Crippen LogP contribution in [0.3, 0.4) is 0 Å². The Hall–Kier alpha value is -7.27. The summed E-state index contributed by atoms with van der Waals surface area (Å²) in [5.74, 6) is -13.1. The topological polar surface area (TPSA) is 297 Å². The molecule has 0 aromatic heterocycles. The fraction of sp³-hybridized carbons (Fsp3) is 0.162. The fourth-order valence-electron chi connectivity index (χ4n) is 7.13. The van der Waals surface area contributed by atoms with E-state index >= 15 is 0 Å². The van der Waals surface area contributed by atoms with Crippen LogP contribution in [0.1, 0.15) is 50.2 Å². The molecule has 17 heteroatoms. The number of aliphatic hydroxyl groups is 1. The van der Waals surface area contributed by atoms with Crippen molar-refractivity contribution >= 4 is 5.97 Å². The zero-order valence-electron chi connectivity index (χ0n) is 27.2. The van der Waals surface area contributed by atoms with Gasteiger partial charge in [-0.25, -0.2) is 4.79 Å². The van der Waals surface area contributed by atoms with Crippen LogP contribution in [0.15, 0.2) is 60.7 Å². The number of carbonyl (C=O) groups excluding carboxylic acids is 1. The number of carbonyl (C=O) groups is 1. The van der Waals surface area contributed by atoms with Gasteiger partial charge in [-0.3, -0.25) is 0 Å². The molecular formula is C37H28O17. The fourth-order valence-corrected chi connectivity index (χ4v) is 7.13. The van der Waals surface area contributed by atoms with Crippen LogP contribution >= 0.6 is 0 Å². The highest BCUT2D eigenvalue weighted by Crippen LogP contribution is 2.62. The SMILES string of the molecule is O=C(O[C@@H]1Cc2c(O)cc3c(c2O[C@@H]1c1ccc(O)c(O)c1)O[C@@]1(c2cc(O)c(O)c(O)c2)Oc2cc(O)cc(O)c2[C@H]3[C@H]1O)c1cc(O)c(O)c(O)c1.